The van der Waals surface area contributed by atoms with Crippen molar-refractivity contribution >= 4 is 23.6 Å². The Morgan fingerprint density at radius 3 is 2.88 bits per heavy atom. The Kier molecular flexibility index (Phi) is 5.29. The number of nitrogens with zero attached hydrogens (tertiary/aromatic N) is 2. The second-order valence-corrected chi connectivity index (χ2v) is 5.13. The van der Waals surface area contributed by atoms with Crippen LogP contribution in [0.5, 0.6) is 0 Å². The molecule has 6 heteroatoms. The summed E-state index contributed by atoms with van der Waals surface area (Å²) in [6.45, 7) is 2.37. The average Bonchev–Trinajstić information content (AvgIpc) is 2.28. The largest absolute Gasteiger partial charge is 0.480 e. The number of hydrogen-bond acceptors (Lipinski definition) is 4. The van der Waals surface area contributed by atoms with Gasteiger partial charge in [0.25, 0.3) is 0 Å². The third-order valence-corrected chi connectivity index (χ3v) is 3.68. The standard InChI is InChI=1S/C11H16N2O3S/c1-8-3-2-5-13(10(8)11(15)16)9(14)7-17-6-4-12/h8,10H,2-3,5-7H2,1H3,(H,15,16). The molecule has 0 aliphatic carbocycles. The van der Waals surface area contributed by atoms with Crippen molar-refractivity contribution in [1.29, 1.82) is 5.26 Å². The van der Waals surface area contributed by atoms with E-state index in [1.165, 1.54) is 16.7 Å². The van der Waals surface area contributed by atoms with Crippen LogP contribution in [0.25, 0.3) is 0 Å². The van der Waals surface area contributed by atoms with Gasteiger partial charge in [0.2, 0.25) is 5.91 Å². The van der Waals surface area contributed by atoms with Gasteiger partial charge in [-0.3, -0.25) is 4.79 Å². The summed E-state index contributed by atoms with van der Waals surface area (Å²) in [6.07, 6.45) is 1.69. The zero-order valence-corrected chi connectivity index (χ0v) is 10.6. The summed E-state index contributed by atoms with van der Waals surface area (Å²) >= 11 is 1.22. The second kappa shape index (κ2) is 6.50. The molecule has 2 atom stereocenters. The average molecular weight is 256 g/mol. The predicted octanol–water partition coefficient (Wildman–Crippen LogP) is 0.955. The molecule has 0 aromatic heterocycles. The van der Waals surface area contributed by atoms with Crippen molar-refractivity contribution in [2.45, 2.75) is 25.8 Å². The zero-order valence-electron chi connectivity index (χ0n) is 9.76. The van der Waals surface area contributed by atoms with E-state index in [0.717, 1.165) is 12.8 Å². The van der Waals surface area contributed by atoms with Crippen LogP contribution >= 0.6 is 11.8 Å². The number of carbonyl (C=O) groups excluding carboxylic acids is 1. The lowest BCUT2D eigenvalue weighted by Gasteiger charge is -2.37. The molecule has 17 heavy (non-hydrogen) atoms. The molecule has 1 aliphatic rings. The highest BCUT2D eigenvalue weighted by molar-refractivity contribution is 8.00. The predicted molar refractivity (Wildman–Crippen MR) is 64.5 cm³/mol. The number of carboxylic acid groups (broad SMARTS) is 1. The van der Waals surface area contributed by atoms with Gasteiger partial charge in [-0.15, -0.1) is 11.8 Å². The molecule has 0 bridgehead atoms. The van der Waals surface area contributed by atoms with E-state index in [1.807, 2.05) is 13.0 Å². The molecule has 94 valence electrons. The van der Waals surface area contributed by atoms with Crippen LogP contribution in [0.4, 0.5) is 0 Å². The van der Waals surface area contributed by atoms with E-state index in [2.05, 4.69) is 0 Å². The first kappa shape index (κ1) is 13.8. The molecule has 0 saturated carbocycles. The minimum atomic E-state index is -0.934. The maximum atomic E-state index is 11.9. The van der Waals surface area contributed by atoms with Gasteiger partial charge in [-0.2, -0.15) is 5.26 Å². The lowest BCUT2D eigenvalue weighted by Crippen LogP contribution is -2.52. The Morgan fingerprint density at radius 2 is 2.29 bits per heavy atom. The van der Waals surface area contributed by atoms with Gasteiger partial charge in [-0.05, 0) is 18.8 Å². The minimum absolute atomic E-state index is 0.00818. The Labute approximate surface area is 105 Å². The lowest BCUT2D eigenvalue weighted by atomic mass is 9.91. The number of carboxylic acids is 1. The number of carbonyl (C=O) groups is 2. The molecule has 5 nitrogen and oxygen atoms in total. The molecule has 0 aromatic rings. The molecule has 1 saturated heterocycles. The zero-order chi connectivity index (χ0) is 12.8. The molecule has 1 heterocycles. The van der Waals surface area contributed by atoms with Crippen LogP contribution in [0.15, 0.2) is 0 Å². The van der Waals surface area contributed by atoms with Crippen LogP contribution in [0, 0.1) is 17.2 Å². The summed E-state index contributed by atoms with van der Waals surface area (Å²) in [5, 5.41) is 17.5. The molecule has 0 aromatic carbocycles. The highest BCUT2D eigenvalue weighted by Gasteiger charge is 2.36. The summed E-state index contributed by atoms with van der Waals surface area (Å²) < 4.78 is 0. The van der Waals surface area contributed by atoms with Crippen molar-refractivity contribution in [3.63, 3.8) is 0 Å². The van der Waals surface area contributed by atoms with E-state index >= 15 is 0 Å². The van der Waals surface area contributed by atoms with Crippen LogP contribution in [0.2, 0.25) is 0 Å². The molecule has 1 amide bonds. The Hall–Kier alpha value is -1.22. The van der Waals surface area contributed by atoms with Gasteiger partial charge < -0.3 is 10.0 Å². The van der Waals surface area contributed by atoms with Crippen LogP contribution in [0.1, 0.15) is 19.8 Å². The monoisotopic (exact) mass is 256 g/mol. The number of thioether (sulfide) groups is 1. The van der Waals surface area contributed by atoms with Gasteiger partial charge in [-0.1, -0.05) is 6.92 Å². The maximum Gasteiger partial charge on any atom is 0.326 e. The highest BCUT2D eigenvalue weighted by Crippen LogP contribution is 2.24. The SMILES string of the molecule is CC1CCCN(C(=O)CSCC#N)C1C(=O)O. The van der Waals surface area contributed by atoms with Gasteiger partial charge >= 0.3 is 5.97 Å². The van der Waals surface area contributed by atoms with Gasteiger partial charge in [0.15, 0.2) is 0 Å². The van der Waals surface area contributed by atoms with Crippen molar-refractivity contribution in [2.24, 2.45) is 5.92 Å². The number of aliphatic carboxylic acids is 1. The van der Waals surface area contributed by atoms with E-state index in [0.29, 0.717) is 6.54 Å². The van der Waals surface area contributed by atoms with Crippen molar-refractivity contribution in [2.75, 3.05) is 18.1 Å². The molecule has 0 spiro atoms. The summed E-state index contributed by atoms with van der Waals surface area (Å²) in [6, 6.07) is 1.24. The minimum Gasteiger partial charge on any atom is -0.480 e. The van der Waals surface area contributed by atoms with E-state index in [1.54, 1.807) is 0 Å². The first-order valence-electron chi connectivity index (χ1n) is 5.55. The summed E-state index contributed by atoms with van der Waals surface area (Å²) in [5.74, 6) is -0.678. The lowest BCUT2D eigenvalue weighted by molar-refractivity contribution is -0.153. The summed E-state index contributed by atoms with van der Waals surface area (Å²) in [5.41, 5.74) is 0. The molecule has 1 fully saturated rings. The van der Waals surface area contributed by atoms with Crippen molar-refractivity contribution in [3.05, 3.63) is 0 Å². The third-order valence-electron chi connectivity index (χ3n) is 2.90. The van der Waals surface area contributed by atoms with Gasteiger partial charge in [0.05, 0.1) is 17.6 Å². The molecule has 1 N–H and O–H groups in total. The molecule has 1 rings (SSSR count). The number of rotatable bonds is 4. The fraction of sp³-hybridized carbons (Fsp3) is 0.727. The second-order valence-electron chi connectivity index (χ2n) is 4.14. The fourth-order valence-corrected chi connectivity index (χ4v) is 2.64. The summed E-state index contributed by atoms with van der Waals surface area (Å²) in [7, 11) is 0. The van der Waals surface area contributed by atoms with Crippen molar-refractivity contribution in [3.8, 4) is 6.07 Å². The van der Waals surface area contributed by atoms with Crippen LogP contribution in [-0.4, -0.2) is 46.0 Å². The van der Waals surface area contributed by atoms with Gasteiger partial charge in [0.1, 0.15) is 6.04 Å². The number of hydrogen-bond donors (Lipinski definition) is 1. The number of amides is 1. The first-order valence-corrected chi connectivity index (χ1v) is 6.70. The number of likely N-dealkylation sites (tertiary alicyclic amines) is 1. The van der Waals surface area contributed by atoms with Gasteiger partial charge in [0, 0.05) is 6.54 Å². The van der Waals surface area contributed by atoms with E-state index in [4.69, 9.17) is 10.4 Å². The maximum absolute atomic E-state index is 11.9. The number of nitriles is 1. The Bertz CT molecular complexity index is 340. The van der Waals surface area contributed by atoms with E-state index < -0.39 is 12.0 Å². The van der Waals surface area contributed by atoms with Crippen LogP contribution in [0.3, 0.4) is 0 Å². The van der Waals surface area contributed by atoms with Crippen LogP contribution < -0.4 is 0 Å². The Morgan fingerprint density at radius 1 is 1.59 bits per heavy atom. The molecule has 2 unspecified atom stereocenters. The number of piperidine rings is 1. The van der Waals surface area contributed by atoms with E-state index in [-0.39, 0.29) is 23.3 Å². The highest BCUT2D eigenvalue weighted by atomic mass is 32.2. The molecule has 0 radical (unpaired) electrons. The molecular weight excluding hydrogens is 240 g/mol. The van der Waals surface area contributed by atoms with Crippen molar-refractivity contribution < 1.29 is 14.7 Å². The molecule has 1 aliphatic heterocycles. The smallest absolute Gasteiger partial charge is 0.326 e. The third kappa shape index (κ3) is 3.63. The molecular formula is C11H16N2O3S. The topological polar surface area (TPSA) is 81.4 Å². The normalized spacial score (nSPS) is 24.1. The van der Waals surface area contributed by atoms with E-state index in [9.17, 15) is 9.59 Å². The van der Waals surface area contributed by atoms with Crippen LogP contribution in [-0.2, 0) is 9.59 Å². The van der Waals surface area contributed by atoms with Gasteiger partial charge in [-0.25, -0.2) is 4.79 Å². The quantitative estimate of drug-likeness (QED) is 0.757. The fourth-order valence-electron chi connectivity index (χ4n) is 2.11. The Balaban J connectivity index is 2.62. The van der Waals surface area contributed by atoms with Crippen molar-refractivity contribution in [1.82, 2.24) is 4.90 Å². The summed E-state index contributed by atoms with van der Waals surface area (Å²) in [4.78, 5) is 24.5. The first-order chi connectivity index (χ1) is 8.07.